The molecule has 1 aromatic rings. The van der Waals surface area contributed by atoms with Crippen molar-refractivity contribution in [2.45, 2.75) is 36.9 Å². The minimum atomic E-state index is 0.362. The van der Waals surface area contributed by atoms with Crippen LogP contribution in [0.5, 0.6) is 5.75 Å². The number of thioether (sulfide) groups is 1. The zero-order valence-corrected chi connectivity index (χ0v) is 11.1. The van der Waals surface area contributed by atoms with Crippen LogP contribution in [0.3, 0.4) is 0 Å². The first-order valence-corrected chi connectivity index (χ1v) is 6.89. The van der Waals surface area contributed by atoms with Crippen LogP contribution in [-0.2, 0) is 4.74 Å². The molecule has 1 aliphatic heterocycles. The van der Waals surface area contributed by atoms with Crippen molar-refractivity contribution in [2.24, 2.45) is 0 Å². The zero-order chi connectivity index (χ0) is 12.3. The summed E-state index contributed by atoms with van der Waals surface area (Å²) in [6.45, 7) is 2.13. The average Bonchev–Trinajstić information content (AvgIpc) is 2.74. The predicted molar refractivity (Wildman–Crippen MR) is 71.7 cm³/mol. The van der Waals surface area contributed by atoms with Crippen molar-refractivity contribution in [3.63, 3.8) is 0 Å². The van der Waals surface area contributed by atoms with Gasteiger partial charge in [0.25, 0.3) is 0 Å². The summed E-state index contributed by atoms with van der Waals surface area (Å²) < 4.78 is 11.0. The second-order valence-electron chi connectivity index (χ2n) is 4.36. The van der Waals surface area contributed by atoms with Crippen LogP contribution in [0.4, 0.5) is 5.69 Å². The molecule has 3 nitrogen and oxygen atoms in total. The lowest BCUT2D eigenvalue weighted by Gasteiger charge is -2.12. The van der Waals surface area contributed by atoms with Crippen molar-refractivity contribution >= 4 is 17.4 Å². The van der Waals surface area contributed by atoms with Gasteiger partial charge in [0, 0.05) is 16.3 Å². The predicted octanol–water partition coefficient (Wildman–Crippen LogP) is 2.94. The molecule has 1 aromatic carbocycles. The summed E-state index contributed by atoms with van der Waals surface area (Å²) in [6, 6.07) is 5.76. The Kier molecular flexibility index (Phi) is 4.18. The third-order valence-corrected chi connectivity index (χ3v) is 4.17. The van der Waals surface area contributed by atoms with Crippen LogP contribution in [-0.4, -0.2) is 25.1 Å². The smallest absolute Gasteiger partial charge is 0.120 e. The van der Waals surface area contributed by atoms with Crippen molar-refractivity contribution in [3.8, 4) is 5.75 Å². The van der Waals surface area contributed by atoms with Crippen LogP contribution in [0.2, 0.25) is 0 Å². The first-order chi connectivity index (χ1) is 8.19. The molecule has 1 fully saturated rings. The van der Waals surface area contributed by atoms with E-state index in [2.05, 4.69) is 6.92 Å². The molecule has 0 bridgehead atoms. The van der Waals surface area contributed by atoms with Gasteiger partial charge in [-0.15, -0.1) is 11.8 Å². The second kappa shape index (κ2) is 5.65. The average molecular weight is 253 g/mol. The zero-order valence-electron chi connectivity index (χ0n) is 10.3. The number of anilines is 1. The number of methoxy groups -OCH3 is 1. The summed E-state index contributed by atoms with van der Waals surface area (Å²) in [5, 5.41) is 0. The summed E-state index contributed by atoms with van der Waals surface area (Å²) in [6.07, 6.45) is 3.08. The third-order valence-electron chi connectivity index (χ3n) is 2.97. The highest BCUT2D eigenvalue weighted by Crippen LogP contribution is 2.32. The van der Waals surface area contributed by atoms with Crippen molar-refractivity contribution in [1.29, 1.82) is 0 Å². The summed E-state index contributed by atoms with van der Waals surface area (Å²) in [4.78, 5) is 1.08. The highest BCUT2D eigenvalue weighted by Gasteiger charge is 2.21. The fraction of sp³-hybridized carbons (Fsp3) is 0.538. The minimum Gasteiger partial charge on any atom is -0.497 e. The quantitative estimate of drug-likeness (QED) is 0.662. The third kappa shape index (κ3) is 3.30. The van der Waals surface area contributed by atoms with Crippen LogP contribution in [0, 0.1) is 0 Å². The molecule has 2 unspecified atom stereocenters. The normalized spacial score (nSPS) is 23.9. The molecule has 1 heterocycles. The second-order valence-corrected chi connectivity index (χ2v) is 5.42. The molecular formula is C13H19NO2S. The van der Waals surface area contributed by atoms with E-state index in [0.29, 0.717) is 12.2 Å². The molecule has 1 aliphatic rings. The van der Waals surface area contributed by atoms with E-state index in [1.54, 1.807) is 18.9 Å². The van der Waals surface area contributed by atoms with Gasteiger partial charge in [-0.05, 0) is 38.0 Å². The molecule has 2 atom stereocenters. The maximum absolute atomic E-state index is 5.94. The van der Waals surface area contributed by atoms with Gasteiger partial charge in [0.2, 0.25) is 0 Å². The fourth-order valence-corrected chi connectivity index (χ4v) is 3.00. The van der Waals surface area contributed by atoms with Crippen molar-refractivity contribution < 1.29 is 9.47 Å². The SMILES string of the molecule is COc1ccc(N)c(SCC2CCC(C)O2)c1. The molecule has 0 amide bonds. The Balaban J connectivity index is 1.94. The van der Waals surface area contributed by atoms with E-state index in [0.717, 1.165) is 28.5 Å². The Hall–Kier alpha value is -0.870. The summed E-state index contributed by atoms with van der Waals surface area (Å²) in [7, 11) is 1.67. The van der Waals surface area contributed by atoms with Crippen LogP contribution in [0.15, 0.2) is 23.1 Å². The number of nitrogen functional groups attached to an aromatic ring is 1. The fourth-order valence-electron chi connectivity index (χ4n) is 1.96. The van der Waals surface area contributed by atoms with E-state index in [9.17, 15) is 0 Å². The van der Waals surface area contributed by atoms with Crippen LogP contribution in [0.1, 0.15) is 19.8 Å². The van der Waals surface area contributed by atoms with Crippen LogP contribution < -0.4 is 10.5 Å². The molecule has 0 radical (unpaired) electrons. The van der Waals surface area contributed by atoms with E-state index in [1.165, 1.54) is 6.42 Å². The molecule has 1 saturated heterocycles. The van der Waals surface area contributed by atoms with E-state index in [-0.39, 0.29) is 0 Å². The number of rotatable bonds is 4. The van der Waals surface area contributed by atoms with Gasteiger partial charge in [0.15, 0.2) is 0 Å². The first kappa shape index (κ1) is 12.6. The summed E-state index contributed by atoms with van der Waals surface area (Å²) in [5.74, 6) is 1.81. The largest absolute Gasteiger partial charge is 0.497 e. The van der Waals surface area contributed by atoms with Gasteiger partial charge >= 0.3 is 0 Å². The monoisotopic (exact) mass is 253 g/mol. The Morgan fingerprint density at radius 1 is 1.47 bits per heavy atom. The summed E-state index contributed by atoms with van der Waals surface area (Å²) in [5.41, 5.74) is 6.75. The van der Waals surface area contributed by atoms with E-state index in [4.69, 9.17) is 15.2 Å². The molecule has 0 aromatic heterocycles. The van der Waals surface area contributed by atoms with Gasteiger partial charge in [0.05, 0.1) is 19.3 Å². The van der Waals surface area contributed by atoms with Crippen molar-refractivity contribution in [2.75, 3.05) is 18.6 Å². The number of ether oxygens (including phenoxy) is 2. The topological polar surface area (TPSA) is 44.5 Å². The molecule has 2 N–H and O–H groups in total. The van der Waals surface area contributed by atoms with Gasteiger partial charge in [-0.1, -0.05) is 0 Å². The van der Waals surface area contributed by atoms with Gasteiger partial charge in [-0.3, -0.25) is 0 Å². The standard InChI is InChI=1S/C13H19NO2S/c1-9-3-4-11(16-9)8-17-13-7-10(15-2)5-6-12(13)14/h5-7,9,11H,3-4,8,14H2,1-2H3. The van der Waals surface area contributed by atoms with Crippen LogP contribution in [0.25, 0.3) is 0 Å². The van der Waals surface area contributed by atoms with Gasteiger partial charge in [-0.25, -0.2) is 0 Å². The Bertz CT molecular complexity index is 384. The van der Waals surface area contributed by atoms with E-state index in [1.807, 2.05) is 18.2 Å². The molecule has 0 saturated carbocycles. The highest BCUT2D eigenvalue weighted by atomic mass is 32.2. The lowest BCUT2D eigenvalue weighted by Crippen LogP contribution is -2.10. The highest BCUT2D eigenvalue weighted by molar-refractivity contribution is 7.99. The molecule has 2 rings (SSSR count). The van der Waals surface area contributed by atoms with Crippen molar-refractivity contribution in [3.05, 3.63) is 18.2 Å². The lowest BCUT2D eigenvalue weighted by atomic mass is 10.2. The molecule has 0 spiro atoms. The Morgan fingerprint density at radius 2 is 2.29 bits per heavy atom. The maximum atomic E-state index is 5.94. The number of benzene rings is 1. The molecular weight excluding hydrogens is 234 g/mol. The molecule has 0 aliphatic carbocycles. The number of hydrogen-bond donors (Lipinski definition) is 1. The number of nitrogens with two attached hydrogens (primary N) is 1. The first-order valence-electron chi connectivity index (χ1n) is 5.91. The van der Waals surface area contributed by atoms with Crippen LogP contribution >= 0.6 is 11.8 Å². The van der Waals surface area contributed by atoms with Gasteiger partial charge < -0.3 is 15.2 Å². The lowest BCUT2D eigenvalue weighted by molar-refractivity contribution is 0.0700. The molecule has 17 heavy (non-hydrogen) atoms. The summed E-state index contributed by atoms with van der Waals surface area (Å²) >= 11 is 1.75. The Labute approximate surface area is 107 Å². The van der Waals surface area contributed by atoms with Gasteiger partial charge in [0.1, 0.15) is 5.75 Å². The van der Waals surface area contributed by atoms with Crippen molar-refractivity contribution in [1.82, 2.24) is 0 Å². The number of hydrogen-bond acceptors (Lipinski definition) is 4. The Morgan fingerprint density at radius 3 is 2.94 bits per heavy atom. The minimum absolute atomic E-state index is 0.362. The van der Waals surface area contributed by atoms with E-state index >= 15 is 0 Å². The van der Waals surface area contributed by atoms with Gasteiger partial charge in [-0.2, -0.15) is 0 Å². The molecule has 4 heteroatoms. The molecule has 94 valence electrons. The van der Waals surface area contributed by atoms with E-state index < -0.39 is 0 Å². The maximum Gasteiger partial charge on any atom is 0.120 e.